The molecule has 4 atom stereocenters. The molecule has 0 saturated carbocycles. The summed E-state index contributed by atoms with van der Waals surface area (Å²) in [7, 11) is 0. The molecule has 1 saturated heterocycles. The predicted molar refractivity (Wildman–Crippen MR) is 80.4 cm³/mol. The van der Waals surface area contributed by atoms with Crippen molar-refractivity contribution in [1.29, 1.82) is 5.26 Å². The maximum Gasteiger partial charge on any atom is 0.205 e. The Kier molecular flexibility index (Phi) is 3.54. The lowest BCUT2D eigenvalue weighted by Crippen LogP contribution is -2.44. The summed E-state index contributed by atoms with van der Waals surface area (Å²) in [5.74, 6) is 0.344. The van der Waals surface area contributed by atoms with Gasteiger partial charge in [0.15, 0.2) is 0 Å². The number of hydrogen-bond acceptors (Lipinski definition) is 9. The molecule has 0 amide bonds. The number of nitriles is 1. The maximum absolute atomic E-state index is 10.3. The van der Waals surface area contributed by atoms with E-state index in [0.29, 0.717) is 21.6 Å². The second-order valence-electron chi connectivity index (χ2n) is 4.94. The second-order valence-corrected chi connectivity index (χ2v) is 5.82. The van der Waals surface area contributed by atoms with Crippen LogP contribution in [0.25, 0.3) is 10.2 Å². The number of nitrogens with two attached hydrogens (primary N) is 1. The van der Waals surface area contributed by atoms with Crippen LogP contribution in [0.2, 0.25) is 0 Å². The number of thiophene rings is 1. The summed E-state index contributed by atoms with van der Waals surface area (Å²) in [6.45, 7) is 2.80. The van der Waals surface area contributed by atoms with Gasteiger partial charge in [-0.2, -0.15) is 5.26 Å². The highest BCUT2D eigenvalue weighted by Crippen LogP contribution is 2.44. The van der Waals surface area contributed by atoms with E-state index in [4.69, 9.17) is 10.5 Å². The highest BCUT2D eigenvalue weighted by Gasteiger charge is 2.55. The van der Waals surface area contributed by atoms with Crippen molar-refractivity contribution in [3.8, 4) is 6.07 Å². The van der Waals surface area contributed by atoms with E-state index in [1.54, 1.807) is 5.38 Å². The predicted octanol–water partition coefficient (Wildman–Crippen LogP) is 0.0296. The second kappa shape index (κ2) is 5.26. The van der Waals surface area contributed by atoms with Gasteiger partial charge in [0.05, 0.1) is 16.8 Å². The van der Waals surface area contributed by atoms with Crippen LogP contribution in [-0.4, -0.2) is 51.3 Å². The Morgan fingerprint density at radius 2 is 2.36 bits per heavy atom. The highest BCUT2D eigenvalue weighted by molar-refractivity contribution is 7.17. The third-order valence-electron chi connectivity index (χ3n) is 3.80. The number of hydrogen-bond donors (Lipinski definition) is 3. The smallest absolute Gasteiger partial charge is 0.205 e. The van der Waals surface area contributed by atoms with Gasteiger partial charge in [0, 0.05) is 5.56 Å². The molecule has 3 heterocycles. The molecule has 0 unspecified atom stereocenters. The lowest BCUT2D eigenvalue weighted by atomic mass is 9.94. The van der Waals surface area contributed by atoms with Gasteiger partial charge in [-0.15, -0.1) is 11.3 Å². The number of aliphatic hydroxyl groups excluding tert-OH is 2. The van der Waals surface area contributed by atoms with Gasteiger partial charge in [-0.3, -0.25) is 4.99 Å². The van der Waals surface area contributed by atoms with Gasteiger partial charge in [0.25, 0.3) is 0 Å². The fourth-order valence-corrected chi connectivity index (χ4v) is 3.54. The van der Waals surface area contributed by atoms with Gasteiger partial charge in [-0.05, 0) is 12.1 Å². The molecule has 1 aliphatic heterocycles. The monoisotopic (exact) mass is 319 g/mol. The molecule has 114 valence electrons. The van der Waals surface area contributed by atoms with E-state index in [1.165, 1.54) is 17.7 Å². The molecule has 8 nitrogen and oxygen atoms in total. The molecule has 0 spiro atoms. The first-order chi connectivity index (χ1) is 10.6. The molecule has 2 aromatic rings. The Balaban J connectivity index is 2.12. The van der Waals surface area contributed by atoms with Gasteiger partial charge in [0.2, 0.25) is 5.60 Å². The summed E-state index contributed by atoms with van der Waals surface area (Å²) in [5, 5.41) is 30.8. The maximum atomic E-state index is 10.3. The third kappa shape index (κ3) is 1.89. The molecule has 1 aliphatic rings. The molecule has 4 N–H and O–H groups in total. The normalized spacial score (nSPS) is 31.2. The standard InChI is InChI=1S/C13H13N5O3S/c1-16-8-9(21-13(3-14,4-19)11(8)20)6-2-22-10-7(6)17-5-18-12(10)15/h2,5,8-9,11,19-20H,1,4H2,(H2,15,17,18)/t8-,9-,11-,13+/m0/s1. The fourth-order valence-electron chi connectivity index (χ4n) is 2.60. The average Bonchev–Trinajstić information content (AvgIpc) is 3.07. The molecule has 0 aliphatic carbocycles. The molecule has 0 aromatic carbocycles. The van der Waals surface area contributed by atoms with E-state index < -0.39 is 30.5 Å². The number of anilines is 1. The number of nitrogens with zero attached hydrogens (tertiary/aromatic N) is 4. The van der Waals surface area contributed by atoms with E-state index in [9.17, 15) is 15.5 Å². The minimum absolute atomic E-state index is 0.344. The van der Waals surface area contributed by atoms with Crippen LogP contribution in [0.1, 0.15) is 11.7 Å². The van der Waals surface area contributed by atoms with Crippen molar-refractivity contribution in [1.82, 2.24) is 9.97 Å². The zero-order valence-corrected chi connectivity index (χ0v) is 12.2. The van der Waals surface area contributed by atoms with Crippen LogP contribution in [0.3, 0.4) is 0 Å². The minimum Gasteiger partial charge on any atom is -0.392 e. The van der Waals surface area contributed by atoms with Crippen LogP contribution < -0.4 is 5.73 Å². The first-order valence-corrected chi connectivity index (χ1v) is 7.27. The van der Waals surface area contributed by atoms with E-state index >= 15 is 0 Å². The largest absolute Gasteiger partial charge is 0.392 e. The van der Waals surface area contributed by atoms with Crippen molar-refractivity contribution >= 4 is 34.1 Å². The zero-order valence-electron chi connectivity index (χ0n) is 11.4. The van der Waals surface area contributed by atoms with Crippen LogP contribution in [0, 0.1) is 11.3 Å². The van der Waals surface area contributed by atoms with Gasteiger partial charge in [0.1, 0.15) is 36.5 Å². The van der Waals surface area contributed by atoms with E-state index in [1.807, 2.05) is 6.07 Å². The first kappa shape index (κ1) is 14.8. The SMILES string of the molecule is C=N[C@H]1[C@H](c2csc3c(N)ncnc23)O[C@](C#N)(CO)[C@H]1O. The Bertz CT molecular complexity index is 773. The molecule has 22 heavy (non-hydrogen) atoms. The summed E-state index contributed by atoms with van der Waals surface area (Å²) >= 11 is 1.34. The van der Waals surface area contributed by atoms with Crippen LogP contribution in [0.15, 0.2) is 16.7 Å². The number of rotatable bonds is 3. The molecule has 2 aromatic heterocycles. The summed E-state index contributed by atoms with van der Waals surface area (Å²) in [6.07, 6.45) is -0.708. The number of aliphatic imine (C=N–C) groups is 1. The summed E-state index contributed by atoms with van der Waals surface area (Å²) < 4.78 is 6.36. The Labute approximate surface area is 129 Å². The van der Waals surface area contributed by atoms with Crippen molar-refractivity contribution in [2.45, 2.75) is 23.9 Å². The van der Waals surface area contributed by atoms with Crippen LogP contribution in [-0.2, 0) is 4.74 Å². The van der Waals surface area contributed by atoms with Crippen molar-refractivity contribution in [2.24, 2.45) is 4.99 Å². The fraction of sp³-hybridized carbons (Fsp3) is 0.385. The average molecular weight is 319 g/mol. The van der Waals surface area contributed by atoms with Gasteiger partial charge < -0.3 is 20.7 Å². The minimum atomic E-state index is -1.73. The van der Waals surface area contributed by atoms with E-state index in [2.05, 4.69) is 21.7 Å². The molecule has 0 bridgehead atoms. The van der Waals surface area contributed by atoms with E-state index in [-0.39, 0.29) is 0 Å². The number of fused-ring (bicyclic) bond motifs is 1. The lowest BCUT2D eigenvalue weighted by molar-refractivity contribution is -0.0731. The quantitative estimate of drug-likeness (QED) is 0.678. The molecule has 0 radical (unpaired) electrons. The molecule has 3 rings (SSSR count). The molecule has 9 heteroatoms. The number of aliphatic hydroxyl groups is 2. The van der Waals surface area contributed by atoms with Gasteiger partial charge in [-0.1, -0.05) is 0 Å². The molecule has 1 fully saturated rings. The highest BCUT2D eigenvalue weighted by atomic mass is 32.1. The van der Waals surface area contributed by atoms with Crippen molar-refractivity contribution < 1.29 is 14.9 Å². The summed E-state index contributed by atoms with van der Waals surface area (Å²) in [6, 6.07) is 1.04. The number of ether oxygens (including phenoxy) is 1. The van der Waals surface area contributed by atoms with E-state index in [0.717, 1.165) is 0 Å². The topological polar surface area (TPSA) is 138 Å². The van der Waals surface area contributed by atoms with Crippen LogP contribution >= 0.6 is 11.3 Å². The number of aromatic nitrogens is 2. The van der Waals surface area contributed by atoms with Crippen molar-refractivity contribution in [3.63, 3.8) is 0 Å². The third-order valence-corrected chi connectivity index (χ3v) is 4.81. The van der Waals surface area contributed by atoms with Crippen molar-refractivity contribution in [3.05, 3.63) is 17.3 Å². The van der Waals surface area contributed by atoms with Crippen LogP contribution in [0.4, 0.5) is 5.82 Å². The molecular weight excluding hydrogens is 306 g/mol. The Hall–Kier alpha value is -2.12. The zero-order chi connectivity index (χ0) is 15.9. The first-order valence-electron chi connectivity index (χ1n) is 6.39. The summed E-state index contributed by atoms with van der Waals surface area (Å²) in [4.78, 5) is 12.0. The number of nitrogen functional groups attached to an aromatic ring is 1. The van der Waals surface area contributed by atoms with Crippen LogP contribution in [0.5, 0.6) is 0 Å². The van der Waals surface area contributed by atoms with Crippen molar-refractivity contribution in [2.75, 3.05) is 12.3 Å². The van der Waals surface area contributed by atoms with Gasteiger partial charge >= 0.3 is 0 Å². The Morgan fingerprint density at radius 3 is 3.00 bits per heavy atom. The summed E-state index contributed by atoms with van der Waals surface area (Å²) in [5.41, 5.74) is 5.29. The van der Waals surface area contributed by atoms with Gasteiger partial charge in [-0.25, -0.2) is 9.97 Å². The Morgan fingerprint density at radius 1 is 1.59 bits per heavy atom. The lowest BCUT2D eigenvalue weighted by Gasteiger charge is -2.21. The molecular formula is C13H13N5O3S.